The highest BCUT2D eigenvalue weighted by atomic mass is 16.3. The summed E-state index contributed by atoms with van der Waals surface area (Å²) in [5.41, 5.74) is 1.23. The summed E-state index contributed by atoms with van der Waals surface area (Å²) in [5, 5.41) is 12.8. The van der Waals surface area contributed by atoms with Crippen LogP contribution in [-0.2, 0) is 6.42 Å². The molecule has 0 aromatic heterocycles. The van der Waals surface area contributed by atoms with E-state index in [2.05, 4.69) is 25.2 Å². The third-order valence-corrected chi connectivity index (χ3v) is 2.81. The van der Waals surface area contributed by atoms with Crippen LogP contribution in [0.25, 0.3) is 0 Å². The number of phenolic OH excluding ortho intramolecular Hbond substituents is 1. The molecule has 0 saturated heterocycles. The molecule has 0 fully saturated rings. The van der Waals surface area contributed by atoms with E-state index in [0.29, 0.717) is 11.7 Å². The molecule has 16 heavy (non-hydrogen) atoms. The van der Waals surface area contributed by atoms with E-state index < -0.39 is 0 Å². The molecule has 1 atom stereocenters. The molecule has 1 aromatic rings. The number of aromatic hydroxyl groups is 1. The number of benzene rings is 1. The van der Waals surface area contributed by atoms with Gasteiger partial charge in [0, 0.05) is 0 Å². The molecule has 90 valence electrons. The average molecular weight is 221 g/mol. The Hall–Kier alpha value is -1.02. The van der Waals surface area contributed by atoms with Crippen LogP contribution in [0.15, 0.2) is 24.3 Å². The fourth-order valence-electron chi connectivity index (χ4n) is 2.05. The highest BCUT2D eigenvalue weighted by Crippen LogP contribution is 2.17. The van der Waals surface area contributed by atoms with Gasteiger partial charge in [0.25, 0.3) is 0 Å². The van der Waals surface area contributed by atoms with Gasteiger partial charge in [-0.1, -0.05) is 32.4 Å². The maximum absolute atomic E-state index is 9.42. The molecule has 2 nitrogen and oxygen atoms in total. The molecule has 0 aliphatic rings. The SMILES string of the molecule is CCCC(CNCC)Cc1cccc(O)c1. The Kier molecular flexibility index (Phi) is 5.94. The van der Waals surface area contributed by atoms with Crippen LogP contribution in [0.5, 0.6) is 5.75 Å². The summed E-state index contributed by atoms with van der Waals surface area (Å²) in [5.74, 6) is 1.04. The number of phenols is 1. The van der Waals surface area contributed by atoms with Crippen molar-refractivity contribution in [2.24, 2.45) is 5.92 Å². The summed E-state index contributed by atoms with van der Waals surface area (Å²) in [7, 11) is 0. The van der Waals surface area contributed by atoms with Crippen LogP contribution in [0, 0.1) is 5.92 Å². The van der Waals surface area contributed by atoms with Crippen LogP contribution < -0.4 is 5.32 Å². The first kappa shape index (κ1) is 13.0. The molecule has 2 N–H and O–H groups in total. The molecule has 0 heterocycles. The van der Waals surface area contributed by atoms with Crippen LogP contribution in [0.2, 0.25) is 0 Å². The molecule has 2 heteroatoms. The topological polar surface area (TPSA) is 32.3 Å². The molecular formula is C14H23NO. The molecule has 1 rings (SSSR count). The lowest BCUT2D eigenvalue weighted by Gasteiger charge is -2.16. The van der Waals surface area contributed by atoms with Gasteiger partial charge in [0.1, 0.15) is 5.75 Å². The van der Waals surface area contributed by atoms with E-state index in [0.717, 1.165) is 19.5 Å². The first-order valence-electron chi connectivity index (χ1n) is 6.24. The van der Waals surface area contributed by atoms with Crippen molar-refractivity contribution in [2.75, 3.05) is 13.1 Å². The lowest BCUT2D eigenvalue weighted by atomic mass is 9.95. The van der Waals surface area contributed by atoms with Crippen molar-refractivity contribution in [1.82, 2.24) is 5.32 Å². The van der Waals surface area contributed by atoms with Gasteiger partial charge in [-0.15, -0.1) is 0 Å². The molecule has 0 amide bonds. The van der Waals surface area contributed by atoms with Crippen LogP contribution in [-0.4, -0.2) is 18.2 Å². The predicted octanol–water partition coefficient (Wildman–Crippen LogP) is 2.96. The lowest BCUT2D eigenvalue weighted by Crippen LogP contribution is -2.24. The van der Waals surface area contributed by atoms with Crippen LogP contribution >= 0.6 is 0 Å². The van der Waals surface area contributed by atoms with Crippen LogP contribution in [0.3, 0.4) is 0 Å². The van der Waals surface area contributed by atoms with Crippen molar-refractivity contribution in [3.63, 3.8) is 0 Å². The van der Waals surface area contributed by atoms with E-state index in [1.165, 1.54) is 18.4 Å². The predicted molar refractivity (Wildman–Crippen MR) is 68.8 cm³/mol. The Morgan fingerprint density at radius 2 is 2.12 bits per heavy atom. The third-order valence-electron chi connectivity index (χ3n) is 2.81. The van der Waals surface area contributed by atoms with Crippen LogP contribution in [0.4, 0.5) is 0 Å². The Bertz CT molecular complexity index is 299. The highest BCUT2D eigenvalue weighted by molar-refractivity contribution is 5.27. The number of rotatable bonds is 7. The van der Waals surface area contributed by atoms with Gasteiger partial charge >= 0.3 is 0 Å². The smallest absolute Gasteiger partial charge is 0.115 e. The second-order valence-electron chi connectivity index (χ2n) is 4.34. The maximum Gasteiger partial charge on any atom is 0.115 e. The van der Waals surface area contributed by atoms with Gasteiger partial charge in [0.15, 0.2) is 0 Å². The quantitative estimate of drug-likeness (QED) is 0.742. The first-order chi connectivity index (χ1) is 7.76. The molecule has 1 unspecified atom stereocenters. The van der Waals surface area contributed by atoms with Crippen molar-refractivity contribution in [3.8, 4) is 5.75 Å². The summed E-state index contributed by atoms with van der Waals surface area (Å²) in [6.07, 6.45) is 3.51. The summed E-state index contributed by atoms with van der Waals surface area (Å²) >= 11 is 0. The zero-order valence-electron chi connectivity index (χ0n) is 10.4. The van der Waals surface area contributed by atoms with Crippen molar-refractivity contribution in [2.45, 2.75) is 33.1 Å². The maximum atomic E-state index is 9.42. The minimum atomic E-state index is 0.371. The van der Waals surface area contributed by atoms with E-state index in [-0.39, 0.29) is 0 Å². The normalized spacial score (nSPS) is 12.6. The van der Waals surface area contributed by atoms with E-state index in [1.807, 2.05) is 12.1 Å². The summed E-state index contributed by atoms with van der Waals surface area (Å²) < 4.78 is 0. The van der Waals surface area contributed by atoms with E-state index >= 15 is 0 Å². The Balaban J connectivity index is 2.52. The molecule has 1 aromatic carbocycles. The summed E-state index contributed by atoms with van der Waals surface area (Å²) in [6, 6.07) is 7.60. The lowest BCUT2D eigenvalue weighted by molar-refractivity contribution is 0.441. The fourth-order valence-corrected chi connectivity index (χ4v) is 2.05. The number of nitrogens with one attached hydrogen (secondary N) is 1. The summed E-state index contributed by atoms with van der Waals surface area (Å²) in [6.45, 7) is 6.46. The average Bonchev–Trinajstić information content (AvgIpc) is 2.26. The monoisotopic (exact) mass is 221 g/mol. The van der Waals surface area contributed by atoms with Crippen molar-refractivity contribution in [1.29, 1.82) is 0 Å². The molecule has 0 radical (unpaired) electrons. The molecule has 0 saturated carbocycles. The zero-order chi connectivity index (χ0) is 11.8. The number of hydrogen-bond acceptors (Lipinski definition) is 2. The van der Waals surface area contributed by atoms with Gasteiger partial charge in [-0.2, -0.15) is 0 Å². The Labute approximate surface area is 98.7 Å². The Morgan fingerprint density at radius 1 is 1.31 bits per heavy atom. The fraction of sp³-hybridized carbons (Fsp3) is 0.571. The molecule has 0 aliphatic carbocycles. The van der Waals surface area contributed by atoms with Crippen LogP contribution in [0.1, 0.15) is 32.3 Å². The van der Waals surface area contributed by atoms with Gasteiger partial charge in [0.05, 0.1) is 0 Å². The van der Waals surface area contributed by atoms with Crippen molar-refractivity contribution >= 4 is 0 Å². The second kappa shape index (κ2) is 7.29. The Morgan fingerprint density at radius 3 is 2.75 bits per heavy atom. The minimum absolute atomic E-state index is 0.371. The minimum Gasteiger partial charge on any atom is -0.508 e. The van der Waals surface area contributed by atoms with Gasteiger partial charge in [-0.25, -0.2) is 0 Å². The first-order valence-corrected chi connectivity index (χ1v) is 6.24. The van der Waals surface area contributed by atoms with Gasteiger partial charge in [-0.05, 0) is 49.5 Å². The summed E-state index contributed by atoms with van der Waals surface area (Å²) in [4.78, 5) is 0. The molecular weight excluding hydrogens is 198 g/mol. The van der Waals surface area contributed by atoms with E-state index in [4.69, 9.17) is 0 Å². The van der Waals surface area contributed by atoms with Gasteiger partial charge in [-0.3, -0.25) is 0 Å². The van der Waals surface area contributed by atoms with Crippen molar-refractivity contribution in [3.05, 3.63) is 29.8 Å². The molecule has 0 bridgehead atoms. The van der Waals surface area contributed by atoms with E-state index in [9.17, 15) is 5.11 Å². The largest absolute Gasteiger partial charge is 0.508 e. The van der Waals surface area contributed by atoms with Gasteiger partial charge in [0.2, 0.25) is 0 Å². The third kappa shape index (κ3) is 4.67. The number of hydrogen-bond donors (Lipinski definition) is 2. The standard InChI is InChI=1S/C14H23NO/c1-3-6-13(11-15-4-2)9-12-7-5-8-14(16)10-12/h5,7-8,10,13,15-16H,3-4,6,9,11H2,1-2H3. The molecule has 0 spiro atoms. The second-order valence-corrected chi connectivity index (χ2v) is 4.34. The molecule has 0 aliphatic heterocycles. The van der Waals surface area contributed by atoms with Crippen molar-refractivity contribution < 1.29 is 5.11 Å². The highest BCUT2D eigenvalue weighted by Gasteiger charge is 2.08. The zero-order valence-corrected chi connectivity index (χ0v) is 10.4. The van der Waals surface area contributed by atoms with E-state index in [1.54, 1.807) is 6.07 Å². The van der Waals surface area contributed by atoms with Gasteiger partial charge < -0.3 is 10.4 Å².